The molecule has 1 aromatic heterocycles. The zero-order valence-electron chi connectivity index (χ0n) is 8.16. The van der Waals surface area contributed by atoms with Crippen LogP contribution in [0.3, 0.4) is 0 Å². The molecule has 0 aliphatic carbocycles. The first-order valence-electron chi connectivity index (χ1n) is 4.66. The third-order valence-corrected chi connectivity index (χ3v) is 2.30. The lowest BCUT2D eigenvalue weighted by Crippen LogP contribution is -2.10. The summed E-state index contributed by atoms with van der Waals surface area (Å²) in [4.78, 5) is 0. The molecule has 0 fully saturated rings. The molecule has 0 spiro atoms. The minimum Gasteiger partial charge on any atom is -0.463 e. The zero-order valence-corrected chi connectivity index (χ0v) is 8.16. The van der Waals surface area contributed by atoms with E-state index in [-0.39, 0.29) is 6.54 Å². The van der Waals surface area contributed by atoms with Crippen molar-refractivity contribution in [1.29, 1.82) is 0 Å². The van der Waals surface area contributed by atoms with E-state index in [1.54, 1.807) is 6.07 Å². The molecule has 1 rings (SSSR count). The van der Waals surface area contributed by atoms with E-state index >= 15 is 0 Å². The van der Waals surface area contributed by atoms with Crippen LogP contribution in [-0.4, -0.2) is 11.7 Å². The van der Waals surface area contributed by atoms with Gasteiger partial charge in [0.2, 0.25) is 0 Å². The maximum absolute atomic E-state index is 9.38. The zero-order chi connectivity index (χ0) is 9.84. The van der Waals surface area contributed by atoms with Crippen LogP contribution in [-0.2, 0) is 0 Å². The number of hydrogen-bond donors (Lipinski definition) is 2. The van der Waals surface area contributed by atoms with E-state index in [4.69, 9.17) is 10.2 Å². The predicted molar refractivity (Wildman–Crippen MR) is 51.4 cm³/mol. The van der Waals surface area contributed by atoms with Crippen molar-refractivity contribution in [3.05, 3.63) is 23.7 Å². The van der Waals surface area contributed by atoms with Crippen molar-refractivity contribution in [2.24, 2.45) is 5.73 Å². The summed E-state index contributed by atoms with van der Waals surface area (Å²) in [5, 5.41) is 9.38. The summed E-state index contributed by atoms with van der Waals surface area (Å²) < 4.78 is 5.46. The molecule has 3 N–H and O–H groups in total. The SMILES string of the molecule is CCC(C)c1ccc(C(O)CN)o1. The molecule has 0 aliphatic rings. The van der Waals surface area contributed by atoms with Crippen LogP contribution >= 0.6 is 0 Å². The molecule has 13 heavy (non-hydrogen) atoms. The van der Waals surface area contributed by atoms with Gasteiger partial charge in [-0.15, -0.1) is 0 Å². The summed E-state index contributed by atoms with van der Waals surface area (Å²) in [7, 11) is 0. The maximum Gasteiger partial charge on any atom is 0.133 e. The lowest BCUT2D eigenvalue weighted by molar-refractivity contribution is 0.155. The fourth-order valence-corrected chi connectivity index (χ4v) is 1.13. The summed E-state index contributed by atoms with van der Waals surface area (Å²) in [5.74, 6) is 1.89. The van der Waals surface area contributed by atoms with Gasteiger partial charge in [-0.25, -0.2) is 0 Å². The molecule has 3 heteroatoms. The monoisotopic (exact) mass is 183 g/mol. The van der Waals surface area contributed by atoms with Gasteiger partial charge in [-0.3, -0.25) is 0 Å². The summed E-state index contributed by atoms with van der Waals surface area (Å²) >= 11 is 0. The summed E-state index contributed by atoms with van der Waals surface area (Å²) in [5.41, 5.74) is 5.31. The molecule has 74 valence electrons. The van der Waals surface area contributed by atoms with Gasteiger partial charge < -0.3 is 15.3 Å². The van der Waals surface area contributed by atoms with Gasteiger partial charge in [-0.2, -0.15) is 0 Å². The van der Waals surface area contributed by atoms with Crippen LogP contribution in [0, 0.1) is 0 Å². The van der Waals surface area contributed by atoms with Crippen LogP contribution in [0.5, 0.6) is 0 Å². The van der Waals surface area contributed by atoms with Crippen molar-refractivity contribution in [2.75, 3.05) is 6.54 Å². The second-order valence-corrected chi connectivity index (χ2v) is 3.30. The molecular weight excluding hydrogens is 166 g/mol. The Kier molecular flexibility index (Phi) is 3.51. The Hall–Kier alpha value is -0.800. The average molecular weight is 183 g/mol. The molecule has 0 aliphatic heterocycles. The highest BCUT2D eigenvalue weighted by Gasteiger charge is 2.13. The summed E-state index contributed by atoms with van der Waals surface area (Å²) in [6.45, 7) is 4.40. The molecule has 0 saturated heterocycles. The van der Waals surface area contributed by atoms with E-state index in [0.29, 0.717) is 11.7 Å². The van der Waals surface area contributed by atoms with Crippen molar-refractivity contribution in [3.63, 3.8) is 0 Å². The van der Waals surface area contributed by atoms with Crippen molar-refractivity contribution >= 4 is 0 Å². The average Bonchev–Trinajstić information content (AvgIpc) is 2.64. The molecule has 0 saturated carbocycles. The number of rotatable bonds is 4. The largest absolute Gasteiger partial charge is 0.463 e. The Morgan fingerprint density at radius 1 is 1.46 bits per heavy atom. The van der Waals surface area contributed by atoms with Crippen LogP contribution in [0.1, 0.15) is 43.8 Å². The van der Waals surface area contributed by atoms with E-state index in [1.807, 2.05) is 6.07 Å². The lowest BCUT2D eigenvalue weighted by atomic mass is 10.1. The minimum atomic E-state index is -0.669. The second kappa shape index (κ2) is 4.44. The second-order valence-electron chi connectivity index (χ2n) is 3.30. The maximum atomic E-state index is 9.38. The Bertz CT molecular complexity index is 233. The van der Waals surface area contributed by atoms with E-state index in [1.165, 1.54) is 0 Å². The first-order valence-corrected chi connectivity index (χ1v) is 4.66. The van der Waals surface area contributed by atoms with E-state index < -0.39 is 6.10 Å². The smallest absolute Gasteiger partial charge is 0.133 e. The number of nitrogens with two attached hydrogens (primary N) is 1. The van der Waals surface area contributed by atoms with Gasteiger partial charge in [0.05, 0.1) is 0 Å². The van der Waals surface area contributed by atoms with Crippen LogP contribution in [0.4, 0.5) is 0 Å². The molecule has 2 atom stereocenters. The van der Waals surface area contributed by atoms with Crippen LogP contribution in [0.15, 0.2) is 16.5 Å². The molecule has 0 aromatic carbocycles. The Morgan fingerprint density at radius 3 is 2.62 bits per heavy atom. The van der Waals surface area contributed by atoms with Crippen LogP contribution in [0.2, 0.25) is 0 Å². The standard InChI is InChI=1S/C10H17NO2/c1-3-7(2)9-4-5-10(13-9)8(12)6-11/h4-5,7-8,12H,3,6,11H2,1-2H3. The summed E-state index contributed by atoms with van der Waals surface area (Å²) in [6, 6.07) is 3.70. The third-order valence-electron chi connectivity index (χ3n) is 2.30. The fourth-order valence-electron chi connectivity index (χ4n) is 1.13. The fraction of sp³-hybridized carbons (Fsp3) is 0.600. The molecule has 3 nitrogen and oxygen atoms in total. The molecule has 0 radical (unpaired) electrons. The van der Waals surface area contributed by atoms with Gasteiger partial charge in [-0.1, -0.05) is 13.8 Å². The highest BCUT2D eigenvalue weighted by atomic mass is 16.4. The molecule has 1 heterocycles. The highest BCUT2D eigenvalue weighted by Crippen LogP contribution is 2.23. The van der Waals surface area contributed by atoms with E-state index in [0.717, 1.165) is 12.2 Å². The summed E-state index contributed by atoms with van der Waals surface area (Å²) in [6.07, 6.45) is 0.365. The molecule has 0 bridgehead atoms. The lowest BCUT2D eigenvalue weighted by Gasteiger charge is -2.05. The molecule has 0 amide bonds. The predicted octanol–water partition coefficient (Wildman–Crippen LogP) is 1.79. The van der Waals surface area contributed by atoms with Crippen LogP contribution < -0.4 is 5.73 Å². The molecule has 2 unspecified atom stereocenters. The molecular formula is C10H17NO2. The normalized spacial score (nSPS) is 15.7. The van der Waals surface area contributed by atoms with Gasteiger partial charge in [0.25, 0.3) is 0 Å². The van der Waals surface area contributed by atoms with Gasteiger partial charge in [0, 0.05) is 12.5 Å². The number of furan rings is 1. The van der Waals surface area contributed by atoms with Crippen molar-refractivity contribution in [2.45, 2.75) is 32.3 Å². The van der Waals surface area contributed by atoms with Crippen molar-refractivity contribution in [1.82, 2.24) is 0 Å². The van der Waals surface area contributed by atoms with Crippen molar-refractivity contribution < 1.29 is 9.52 Å². The number of hydrogen-bond acceptors (Lipinski definition) is 3. The van der Waals surface area contributed by atoms with Gasteiger partial charge >= 0.3 is 0 Å². The number of aliphatic hydroxyl groups excluding tert-OH is 1. The molecule has 1 aromatic rings. The van der Waals surface area contributed by atoms with E-state index in [2.05, 4.69) is 13.8 Å². The van der Waals surface area contributed by atoms with Gasteiger partial charge in [-0.05, 0) is 18.6 Å². The minimum absolute atomic E-state index is 0.202. The quantitative estimate of drug-likeness (QED) is 0.748. The van der Waals surface area contributed by atoms with E-state index in [9.17, 15) is 5.11 Å². The third kappa shape index (κ3) is 2.32. The Labute approximate surface area is 78.5 Å². The topological polar surface area (TPSA) is 59.4 Å². The van der Waals surface area contributed by atoms with Gasteiger partial charge in [0.1, 0.15) is 17.6 Å². The first kappa shape index (κ1) is 10.3. The highest BCUT2D eigenvalue weighted by molar-refractivity contribution is 5.12. The van der Waals surface area contributed by atoms with Crippen molar-refractivity contribution in [3.8, 4) is 0 Å². The van der Waals surface area contributed by atoms with Gasteiger partial charge in [0.15, 0.2) is 0 Å². The first-order chi connectivity index (χ1) is 6.19. The van der Waals surface area contributed by atoms with Crippen LogP contribution in [0.25, 0.3) is 0 Å². The number of aliphatic hydroxyl groups is 1. The Morgan fingerprint density at radius 2 is 2.08 bits per heavy atom. The Balaban J connectivity index is 2.74.